The predicted octanol–water partition coefficient (Wildman–Crippen LogP) is 7.11. The summed E-state index contributed by atoms with van der Waals surface area (Å²) in [7, 11) is 0.564. The van der Waals surface area contributed by atoms with Crippen molar-refractivity contribution in [3.8, 4) is 11.9 Å². The van der Waals surface area contributed by atoms with Crippen LogP contribution in [-0.2, 0) is 13.6 Å². The van der Waals surface area contributed by atoms with E-state index in [1.165, 1.54) is 0 Å². The molecule has 2 aliphatic rings. The van der Waals surface area contributed by atoms with Gasteiger partial charge in [0.1, 0.15) is 6.10 Å². The Bertz CT molecular complexity index is 1160. The van der Waals surface area contributed by atoms with Crippen LogP contribution in [0, 0.1) is 5.92 Å². The topological polar surface area (TPSA) is 136 Å². The van der Waals surface area contributed by atoms with E-state index in [-0.39, 0.29) is 41.2 Å². The Morgan fingerprint density at radius 2 is 1.70 bits per heavy atom. The molecule has 1 aromatic heterocycles. The maximum atomic E-state index is 9.28. The Hall–Kier alpha value is -2.39. The molecule has 6 atom stereocenters. The van der Waals surface area contributed by atoms with Gasteiger partial charge < -0.3 is 28.0 Å². The van der Waals surface area contributed by atoms with E-state index < -0.39 is 22.7 Å². The Balaban J connectivity index is 2.15. The quantitative estimate of drug-likeness (QED) is 0.0954. The van der Waals surface area contributed by atoms with Gasteiger partial charge in [0.25, 0.3) is 6.02 Å². The molecule has 0 bridgehead atoms. The van der Waals surface area contributed by atoms with Crippen molar-refractivity contribution in [2.24, 2.45) is 16.0 Å². The molecular weight excluding hydrogens is 595 g/mol. The Labute approximate surface area is 266 Å². The molecule has 0 aromatic carbocycles. The third kappa shape index (κ3) is 7.69. The monoisotopic (exact) mass is 649 g/mol. The first kappa shape index (κ1) is 36.1. The van der Waals surface area contributed by atoms with Gasteiger partial charge in [-0.15, -0.1) is 0 Å². The minimum absolute atomic E-state index is 0.0394. The molecule has 1 fully saturated rings. The lowest BCUT2D eigenvalue weighted by molar-refractivity contribution is -0.0237. The highest BCUT2D eigenvalue weighted by Crippen LogP contribution is 2.45. The van der Waals surface area contributed by atoms with Crippen LogP contribution >= 0.6 is 0 Å². The Morgan fingerprint density at radius 3 is 2.23 bits per heavy atom. The fourth-order valence-electron chi connectivity index (χ4n) is 6.21. The van der Waals surface area contributed by atoms with E-state index in [9.17, 15) is 5.53 Å². The largest absolute Gasteiger partial charge is 0.481 e. The summed E-state index contributed by atoms with van der Waals surface area (Å²) < 4.78 is 31.3. The summed E-state index contributed by atoms with van der Waals surface area (Å²) in [5, 5.41) is 3.99. The Morgan fingerprint density at radius 1 is 1.05 bits per heavy atom. The first-order chi connectivity index (χ1) is 20.7. The number of hydrogen-bond acceptors (Lipinski definition) is 10. The van der Waals surface area contributed by atoms with Crippen LogP contribution < -0.4 is 9.47 Å². The number of hydrogen-bond donors (Lipinski definition) is 0. The minimum Gasteiger partial charge on any atom is -0.481 e. The highest BCUT2D eigenvalue weighted by atomic mass is 28.4. The van der Waals surface area contributed by atoms with E-state index in [4.69, 9.17) is 33.0 Å². The standard InChI is InChI=1S/C30H55N7O5Si2/c1-13-44(14-2,15-3)41-25-17-21-16-22(34-29(40-10)37(21)24(20(25)4)19-32-36-31)27(42-43(11,12)30(5,6)7)23-18-26(38-8)35-28(33-23)39-9/h18,20-22,24-25,27H,13-17,19H2,1-12H3/t20-,21+,22-,24-,25+,27+/m1/s1. The van der Waals surface area contributed by atoms with Gasteiger partial charge in [0, 0.05) is 35.5 Å². The van der Waals surface area contributed by atoms with Gasteiger partial charge in [0.15, 0.2) is 16.6 Å². The van der Waals surface area contributed by atoms with E-state index in [1.807, 2.05) is 6.07 Å². The molecule has 14 heteroatoms. The summed E-state index contributed by atoms with van der Waals surface area (Å²) >= 11 is 0. The molecule has 12 nitrogen and oxygen atoms in total. The molecule has 1 saturated heterocycles. The zero-order chi connectivity index (χ0) is 32.9. The molecule has 0 N–H and O–H groups in total. The van der Waals surface area contributed by atoms with Crippen LogP contribution in [0.2, 0.25) is 36.3 Å². The van der Waals surface area contributed by atoms with Crippen LogP contribution in [0.25, 0.3) is 10.4 Å². The lowest BCUT2D eigenvalue weighted by Gasteiger charge is -2.53. The average molecular weight is 650 g/mol. The maximum Gasteiger partial charge on any atom is 0.319 e. The number of ether oxygens (including phenoxy) is 3. The van der Waals surface area contributed by atoms with Crippen LogP contribution in [-0.4, -0.2) is 89.6 Å². The smallest absolute Gasteiger partial charge is 0.319 e. The van der Waals surface area contributed by atoms with Gasteiger partial charge in [-0.1, -0.05) is 53.6 Å². The molecule has 0 unspecified atom stereocenters. The van der Waals surface area contributed by atoms with Crippen LogP contribution in [0.3, 0.4) is 0 Å². The number of methoxy groups -OCH3 is 3. The van der Waals surface area contributed by atoms with Gasteiger partial charge in [-0.3, -0.25) is 0 Å². The van der Waals surface area contributed by atoms with Gasteiger partial charge in [-0.2, -0.15) is 9.97 Å². The van der Waals surface area contributed by atoms with Crippen molar-refractivity contribution in [3.05, 3.63) is 22.2 Å². The van der Waals surface area contributed by atoms with Crippen LogP contribution in [0.5, 0.6) is 11.9 Å². The molecule has 2 aliphatic heterocycles. The average Bonchev–Trinajstić information content (AvgIpc) is 3.01. The molecule has 3 heterocycles. The number of aromatic nitrogens is 2. The summed E-state index contributed by atoms with van der Waals surface area (Å²) in [6.07, 6.45) is 1.07. The first-order valence-corrected chi connectivity index (χ1v) is 21.4. The minimum atomic E-state index is -2.31. The normalized spacial score (nSPS) is 25.0. The zero-order valence-electron chi connectivity index (χ0n) is 29.0. The van der Waals surface area contributed by atoms with Crippen LogP contribution in [0.1, 0.15) is 73.1 Å². The summed E-state index contributed by atoms with van der Waals surface area (Å²) in [4.78, 5) is 19.6. The van der Waals surface area contributed by atoms with Gasteiger partial charge >= 0.3 is 6.01 Å². The number of piperidine rings is 1. The van der Waals surface area contributed by atoms with Crippen molar-refractivity contribution in [2.75, 3.05) is 27.9 Å². The van der Waals surface area contributed by atoms with Crippen molar-refractivity contribution in [1.29, 1.82) is 0 Å². The lowest BCUT2D eigenvalue weighted by Crippen LogP contribution is -2.63. The van der Waals surface area contributed by atoms with Crippen molar-refractivity contribution in [2.45, 2.75) is 128 Å². The third-order valence-electron chi connectivity index (χ3n) is 10.3. The zero-order valence-corrected chi connectivity index (χ0v) is 31.0. The molecule has 0 spiro atoms. The maximum absolute atomic E-state index is 9.28. The molecular formula is C30H55N7O5Si2. The van der Waals surface area contributed by atoms with E-state index in [2.05, 4.69) is 81.5 Å². The van der Waals surface area contributed by atoms with E-state index in [0.29, 0.717) is 30.6 Å². The Kier molecular flexibility index (Phi) is 12.1. The second kappa shape index (κ2) is 14.8. The highest BCUT2D eigenvalue weighted by Gasteiger charge is 2.50. The molecule has 44 heavy (non-hydrogen) atoms. The fourth-order valence-corrected chi connectivity index (χ4v) is 10.4. The number of fused-ring (bicyclic) bond motifs is 1. The number of nitrogens with zero attached hydrogens (tertiary/aromatic N) is 7. The van der Waals surface area contributed by atoms with Gasteiger partial charge in [0.2, 0.25) is 5.88 Å². The number of rotatable bonds is 13. The second-order valence-electron chi connectivity index (χ2n) is 13.6. The van der Waals surface area contributed by atoms with Crippen molar-refractivity contribution in [1.82, 2.24) is 14.9 Å². The summed E-state index contributed by atoms with van der Waals surface area (Å²) in [5.74, 6) is 0.526. The van der Waals surface area contributed by atoms with E-state index in [1.54, 1.807) is 21.3 Å². The first-order valence-electron chi connectivity index (χ1n) is 16.0. The summed E-state index contributed by atoms with van der Waals surface area (Å²) in [6, 6.07) is 5.42. The fraction of sp³-hybridized carbons (Fsp3) is 0.833. The summed E-state index contributed by atoms with van der Waals surface area (Å²) in [5.41, 5.74) is 9.94. The molecule has 1 aromatic rings. The van der Waals surface area contributed by atoms with Crippen molar-refractivity contribution in [3.63, 3.8) is 0 Å². The van der Waals surface area contributed by atoms with Crippen LogP contribution in [0.4, 0.5) is 0 Å². The molecule has 248 valence electrons. The molecule has 0 radical (unpaired) electrons. The molecule has 0 amide bonds. The van der Waals surface area contributed by atoms with Crippen molar-refractivity contribution >= 4 is 22.7 Å². The van der Waals surface area contributed by atoms with Gasteiger partial charge in [0.05, 0.1) is 39.2 Å². The molecule has 3 rings (SSSR count). The predicted molar refractivity (Wildman–Crippen MR) is 178 cm³/mol. The number of aliphatic imine (C=N–C) groups is 1. The molecule has 0 aliphatic carbocycles. The number of amidine groups is 1. The second-order valence-corrected chi connectivity index (χ2v) is 23.1. The van der Waals surface area contributed by atoms with E-state index in [0.717, 1.165) is 24.6 Å². The van der Waals surface area contributed by atoms with Gasteiger partial charge in [-0.05, 0) is 54.6 Å². The lowest BCUT2D eigenvalue weighted by atomic mass is 9.81. The SMILES string of the molecule is CC[Si](CC)(CC)O[C@H]1C[C@@H]2C[C@H]([C@H](O[Si](C)(C)C(C)(C)C)c3cc(OC)nc(OC)n3)N=C(OC)N2[C@H](CN=[N+]=[N-])[C@H]1C. The van der Waals surface area contributed by atoms with E-state index >= 15 is 0 Å². The summed E-state index contributed by atoms with van der Waals surface area (Å²) in [6.45, 7) is 20.4. The third-order valence-corrected chi connectivity index (χ3v) is 19.4. The molecule has 0 saturated carbocycles. The van der Waals surface area contributed by atoms with Crippen LogP contribution in [0.15, 0.2) is 16.2 Å². The van der Waals surface area contributed by atoms with Crippen molar-refractivity contribution < 1.29 is 23.1 Å². The van der Waals surface area contributed by atoms with Gasteiger partial charge in [-0.25, -0.2) is 4.99 Å². The highest BCUT2D eigenvalue weighted by molar-refractivity contribution is 6.74. The number of azide groups is 1.